The van der Waals surface area contributed by atoms with E-state index in [0.29, 0.717) is 0 Å². The molecule has 2 aromatic rings. The maximum Gasteiger partial charge on any atom is 0.124 e. The minimum absolute atomic E-state index is 0.157. The Labute approximate surface area is 148 Å². The molecule has 0 fully saturated rings. The smallest absolute Gasteiger partial charge is 0.124 e. The highest BCUT2D eigenvalue weighted by Gasteiger charge is 2.13. The minimum atomic E-state index is 0.157. The molecule has 0 aliphatic carbocycles. The topological polar surface area (TPSA) is 9.23 Å². The fourth-order valence-electron chi connectivity index (χ4n) is 3.04. The van der Waals surface area contributed by atoms with Gasteiger partial charge in [-0.15, -0.1) is 0 Å². The Hall–Kier alpha value is -1.76. The van der Waals surface area contributed by atoms with E-state index in [1.165, 1.54) is 49.7 Å². The lowest BCUT2D eigenvalue weighted by atomic mass is 10.0. The van der Waals surface area contributed by atoms with Crippen LogP contribution in [0.5, 0.6) is 5.75 Å². The first-order valence-corrected chi connectivity index (χ1v) is 9.64. The summed E-state index contributed by atoms with van der Waals surface area (Å²) >= 11 is 0. The fraction of sp³-hybridized carbons (Fsp3) is 0.478. The SMILES string of the molecule is CCCCCCCC[C@@H](Oc1ccc(CC)cc1)c1ccccc1. The van der Waals surface area contributed by atoms with E-state index in [-0.39, 0.29) is 6.10 Å². The summed E-state index contributed by atoms with van der Waals surface area (Å²) in [5.74, 6) is 0.979. The molecule has 0 saturated carbocycles. The third-order valence-corrected chi connectivity index (χ3v) is 4.60. The van der Waals surface area contributed by atoms with E-state index in [2.05, 4.69) is 68.4 Å². The summed E-state index contributed by atoms with van der Waals surface area (Å²) in [7, 11) is 0. The highest BCUT2D eigenvalue weighted by atomic mass is 16.5. The highest BCUT2D eigenvalue weighted by molar-refractivity contribution is 5.28. The van der Waals surface area contributed by atoms with E-state index >= 15 is 0 Å². The van der Waals surface area contributed by atoms with Crippen LogP contribution in [0.1, 0.15) is 76.0 Å². The molecule has 0 heterocycles. The number of aryl methyl sites for hydroxylation is 1. The van der Waals surface area contributed by atoms with Crippen LogP contribution >= 0.6 is 0 Å². The third-order valence-electron chi connectivity index (χ3n) is 4.60. The molecular formula is C23H32O. The molecule has 1 nitrogen and oxygen atoms in total. The van der Waals surface area contributed by atoms with Crippen molar-refractivity contribution in [3.63, 3.8) is 0 Å². The van der Waals surface area contributed by atoms with Gasteiger partial charge in [0, 0.05) is 0 Å². The van der Waals surface area contributed by atoms with Crippen molar-refractivity contribution in [3.05, 3.63) is 65.7 Å². The van der Waals surface area contributed by atoms with E-state index in [1.54, 1.807) is 0 Å². The molecule has 1 heteroatoms. The second-order valence-electron chi connectivity index (χ2n) is 6.57. The molecule has 2 rings (SSSR count). The van der Waals surface area contributed by atoms with Gasteiger partial charge >= 0.3 is 0 Å². The first-order chi connectivity index (χ1) is 11.8. The average Bonchev–Trinajstić information content (AvgIpc) is 2.65. The largest absolute Gasteiger partial charge is 0.486 e. The molecule has 24 heavy (non-hydrogen) atoms. The zero-order valence-corrected chi connectivity index (χ0v) is 15.3. The molecule has 0 bridgehead atoms. The molecule has 0 aliphatic heterocycles. The van der Waals surface area contributed by atoms with Crippen LogP contribution in [0, 0.1) is 0 Å². The van der Waals surface area contributed by atoms with Crippen molar-refractivity contribution in [2.75, 3.05) is 0 Å². The first-order valence-electron chi connectivity index (χ1n) is 9.64. The maximum absolute atomic E-state index is 6.33. The van der Waals surface area contributed by atoms with E-state index in [0.717, 1.165) is 18.6 Å². The van der Waals surface area contributed by atoms with Crippen molar-refractivity contribution in [2.45, 2.75) is 71.3 Å². The molecular weight excluding hydrogens is 292 g/mol. The summed E-state index contributed by atoms with van der Waals surface area (Å²) in [6.07, 6.45) is 10.2. The number of hydrogen-bond donors (Lipinski definition) is 0. The lowest BCUT2D eigenvalue weighted by Crippen LogP contribution is -2.08. The normalized spacial score (nSPS) is 12.1. The molecule has 0 saturated heterocycles. The zero-order chi connectivity index (χ0) is 17.0. The lowest BCUT2D eigenvalue weighted by Gasteiger charge is -2.20. The van der Waals surface area contributed by atoms with Gasteiger partial charge in [-0.2, -0.15) is 0 Å². The second-order valence-corrected chi connectivity index (χ2v) is 6.57. The number of rotatable bonds is 11. The monoisotopic (exact) mass is 324 g/mol. The van der Waals surface area contributed by atoms with Gasteiger partial charge in [0.25, 0.3) is 0 Å². The molecule has 0 N–H and O–H groups in total. The van der Waals surface area contributed by atoms with Crippen molar-refractivity contribution in [1.82, 2.24) is 0 Å². The van der Waals surface area contributed by atoms with Crippen LogP contribution in [0.15, 0.2) is 54.6 Å². The fourth-order valence-corrected chi connectivity index (χ4v) is 3.04. The standard InChI is InChI=1S/C23H32O/c1-3-5-6-7-8-12-15-23(21-13-10-9-11-14-21)24-22-18-16-20(4-2)17-19-22/h9-11,13-14,16-19,23H,3-8,12,15H2,1-2H3/t23-/m1/s1. The average molecular weight is 325 g/mol. The number of ether oxygens (including phenoxy) is 1. The molecule has 0 unspecified atom stereocenters. The van der Waals surface area contributed by atoms with Crippen LogP contribution in [0.25, 0.3) is 0 Å². The van der Waals surface area contributed by atoms with E-state index < -0.39 is 0 Å². The highest BCUT2D eigenvalue weighted by Crippen LogP contribution is 2.27. The number of hydrogen-bond acceptors (Lipinski definition) is 1. The molecule has 0 spiro atoms. The van der Waals surface area contributed by atoms with Crippen molar-refractivity contribution in [1.29, 1.82) is 0 Å². The van der Waals surface area contributed by atoms with Crippen molar-refractivity contribution >= 4 is 0 Å². The van der Waals surface area contributed by atoms with Gasteiger partial charge < -0.3 is 4.74 Å². The van der Waals surface area contributed by atoms with Gasteiger partial charge in [-0.05, 0) is 42.5 Å². The third kappa shape index (κ3) is 6.39. The first kappa shape index (κ1) is 18.6. The van der Waals surface area contributed by atoms with Crippen LogP contribution in [0.2, 0.25) is 0 Å². The van der Waals surface area contributed by atoms with E-state index in [4.69, 9.17) is 4.74 Å². The predicted octanol–water partition coefficient (Wildman–Crippen LogP) is 7.12. The molecule has 0 aromatic heterocycles. The van der Waals surface area contributed by atoms with Crippen LogP contribution in [0.3, 0.4) is 0 Å². The summed E-state index contributed by atoms with van der Waals surface area (Å²) in [5.41, 5.74) is 2.64. The Balaban J connectivity index is 1.92. The summed E-state index contributed by atoms with van der Waals surface area (Å²) in [4.78, 5) is 0. The second kappa shape index (κ2) is 10.9. The van der Waals surface area contributed by atoms with Gasteiger partial charge in [0.15, 0.2) is 0 Å². The van der Waals surface area contributed by atoms with E-state index in [1.807, 2.05) is 0 Å². The van der Waals surface area contributed by atoms with Gasteiger partial charge in [-0.3, -0.25) is 0 Å². The lowest BCUT2D eigenvalue weighted by molar-refractivity contribution is 0.190. The van der Waals surface area contributed by atoms with Crippen LogP contribution in [0.4, 0.5) is 0 Å². The molecule has 2 aromatic carbocycles. The summed E-state index contributed by atoms with van der Waals surface area (Å²) in [6, 6.07) is 19.2. The summed E-state index contributed by atoms with van der Waals surface area (Å²) < 4.78 is 6.33. The van der Waals surface area contributed by atoms with Crippen LogP contribution in [-0.4, -0.2) is 0 Å². The molecule has 1 atom stereocenters. The van der Waals surface area contributed by atoms with Crippen LogP contribution in [-0.2, 0) is 6.42 Å². The van der Waals surface area contributed by atoms with Crippen molar-refractivity contribution in [3.8, 4) is 5.75 Å². The molecule has 130 valence electrons. The van der Waals surface area contributed by atoms with Crippen LogP contribution < -0.4 is 4.74 Å². The molecule has 0 radical (unpaired) electrons. The van der Waals surface area contributed by atoms with Gasteiger partial charge in [0.05, 0.1) is 0 Å². The van der Waals surface area contributed by atoms with E-state index in [9.17, 15) is 0 Å². The maximum atomic E-state index is 6.33. The Morgan fingerprint density at radius 3 is 2.08 bits per heavy atom. The quantitative estimate of drug-likeness (QED) is 0.400. The van der Waals surface area contributed by atoms with Gasteiger partial charge in [-0.25, -0.2) is 0 Å². The Kier molecular flexibility index (Phi) is 8.45. The van der Waals surface area contributed by atoms with Crippen molar-refractivity contribution < 1.29 is 4.74 Å². The Morgan fingerprint density at radius 1 is 0.750 bits per heavy atom. The Bertz CT molecular complexity index is 544. The van der Waals surface area contributed by atoms with Gasteiger partial charge in [0.1, 0.15) is 11.9 Å². The summed E-state index contributed by atoms with van der Waals surface area (Å²) in [6.45, 7) is 4.45. The summed E-state index contributed by atoms with van der Waals surface area (Å²) in [5, 5.41) is 0. The minimum Gasteiger partial charge on any atom is -0.486 e. The van der Waals surface area contributed by atoms with Gasteiger partial charge in [0.2, 0.25) is 0 Å². The Morgan fingerprint density at radius 2 is 1.42 bits per heavy atom. The predicted molar refractivity (Wildman–Crippen MR) is 104 cm³/mol. The number of benzene rings is 2. The number of unbranched alkanes of at least 4 members (excludes halogenated alkanes) is 5. The van der Waals surface area contributed by atoms with Crippen molar-refractivity contribution in [2.24, 2.45) is 0 Å². The molecule has 0 amide bonds. The molecule has 0 aliphatic rings. The van der Waals surface area contributed by atoms with Gasteiger partial charge in [-0.1, -0.05) is 88.4 Å². The zero-order valence-electron chi connectivity index (χ0n) is 15.3.